The van der Waals surface area contributed by atoms with Gasteiger partial charge in [-0.15, -0.1) is 6.42 Å². The highest BCUT2D eigenvalue weighted by Crippen LogP contribution is 2.11. The van der Waals surface area contributed by atoms with Gasteiger partial charge in [0, 0.05) is 0 Å². The number of hydrogen-bond donors (Lipinski definition) is 0. The van der Waals surface area contributed by atoms with E-state index in [1.807, 2.05) is 48.5 Å². The van der Waals surface area contributed by atoms with Crippen molar-refractivity contribution in [3.63, 3.8) is 0 Å². The van der Waals surface area contributed by atoms with Gasteiger partial charge in [-0.05, 0) is 35.9 Å². The molecule has 2 aromatic rings. The first kappa shape index (κ1) is 15.3. The molecule has 108 valence electrons. The van der Waals surface area contributed by atoms with Crippen LogP contribution in [0.4, 0.5) is 5.69 Å². The highest BCUT2D eigenvalue weighted by atomic mass is 16.5. The second-order valence-corrected chi connectivity index (χ2v) is 4.42. The summed E-state index contributed by atoms with van der Waals surface area (Å²) in [6.45, 7) is 0. The fourth-order valence-electron chi connectivity index (χ4n) is 1.78. The molecule has 0 aliphatic carbocycles. The number of nitrogens with zero attached hydrogens (tertiary/aromatic N) is 1. The molecule has 0 radical (unpaired) electrons. The van der Waals surface area contributed by atoms with Crippen LogP contribution in [0, 0.1) is 12.3 Å². The molecule has 22 heavy (non-hydrogen) atoms. The predicted octanol–water partition coefficient (Wildman–Crippen LogP) is 3.89. The maximum absolute atomic E-state index is 11.4. The van der Waals surface area contributed by atoms with Crippen LogP contribution in [0.5, 0.6) is 0 Å². The number of benzene rings is 2. The van der Waals surface area contributed by atoms with Crippen molar-refractivity contribution >= 4 is 23.4 Å². The van der Waals surface area contributed by atoms with Crippen LogP contribution >= 0.6 is 0 Å². The maximum atomic E-state index is 11.4. The number of carbonyl (C=O) groups is 1. The summed E-state index contributed by atoms with van der Waals surface area (Å²) >= 11 is 0. The van der Waals surface area contributed by atoms with Gasteiger partial charge in [-0.3, -0.25) is 0 Å². The van der Waals surface area contributed by atoms with Crippen LogP contribution in [0.3, 0.4) is 0 Å². The van der Waals surface area contributed by atoms with E-state index in [-0.39, 0.29) is 5.97 Å². The van der Waals surface area contributed by atoms with E-state index in [1.165, 1.54) is 7.11 Å². The predicted molar refractivity (Wildman–Crippen MR) is 89.2 cm³/mol. The standard InChI is InChI=1S/C19H15NO2/c1-3-17(20-18-7-5-4-6-8-18)14-11-15-9-12-16(13-10-15)19(21)22-2/h1,4-14H,2H3/b14-11+,20-17?. The van der Waals surface area contributed by atoms with Gasteiger partial charge in [0.25, 0.3) is 0 Å². The van der Waals surface area contributed by atoms with E-state index in [1.54, 1.807) is 18.2 Å². The molecule has 0 spiro atoms. The monoisotopic (exact) mass is 289 g/mol. The molecule has 0 saturated carbocycles. The van der Waals surface area contributed by atoms with E-state index in [2.05, 4.69) is 15.6 Å². The van der Waals surface area contributed by atoms with Crippen molar-refractivity contribution in [3.8, 4) is 12.3 Å². The molecule has 0 aliphatic rings. The zero-order valence-electron chi connectivity index (χ0n) is 12.2. The number of carbonyl (C=O) groups excluding carboxylic acids is 1. The maximum Gasteiger partial charge on any atom is 0.337 e. The van der Waals surface area contributed by atoms with Crippen LogP contribution < -0.4 is 0 Å². The zero-order chi connectivity index (χ0) is 15.8. The van der Waals surface area contributed by atoms with Crippen LogP contribution in [-0.4, -0.2) is 18.8 Å². The van der Waals surface area contributed by atoms with E-state index in [4.69, 9.17) is 6.42 Å². The van der Waals surface area contributed by atoms with Gasteiger partial charge in [-0.1, -0.05) is 42.3 Å². The van der Waals surface area contributed by atoms with Gasteiger partial charge in [-0.25, -0.2) is 9.79 Å². The molecule has 0 amide bonds. The Balaban J connectivity index is 2.14. The second-order valence-electron chi connectivity index (χ2n) is 4.42. The summed E-state index contributed by atoms with van der Waals surface area (Å²) in [6, 6.07) is 16.5. The van der Waals surface area contributed by atoms with E-state index in [9.17, 15) is 4.79 Å². The number of para-hydroxylation sites is 1. The third-order valence-corrected chi connectivity index (χ3v) is 2.92. The van der Waals surface area contributed by atoms with Gasteiger partial charge in [0.05, 0.1) is 18.4 Å². The summed E-state index contributed by atoms with van der Waals surface area (Å²) < 4.78 is 4.66. The SMILES string of the molecule is C#CC(/C=C/c1ccc(C(=O)OC)cc1)=Nc1ccccc1. The average molecular weight is 289 g/mol. The fraction of sp³-hybridized carbons (Fsp3) is 0.0526. The fourth-order valence-corrected chi connectivity index (χ4v) is 1.78. The quantitative estimate of drug-likeness (QED) is 0.486. The highest BCUT2D eigenvalue weighted by molar-refractivity contribution is 6.11. The van der Waals surface area contributed by atoms with Crippen LogP contribution in [0.15, 0.2) is 65.7 Å². The Bertz CT molecular complexity index is 735. The van der Waals surface area contributed by atoms with Crippen molar-refractivity contribution in [1.82, 2.24) is 0 Å². The van der Waals surface area contributed by atoms with Crippen LogP contribution in [0.2, 0.25) is 0 Å². The average Bonchev–Trinajstić information content (AvgIpc) is 2.59. The number of methoxy groups -OCH3 is 1. The lowest BCUT2D eigenvalue weighted by atomic mass is 10.1. The number of terminal acetylenes is 1. The molecule has 0 aromatic heterocycles. The highest BCUT2D eigenvalue weighted by Gasteiger charge is 2.03. The summed E-state index contributed by atoms with van der Waals surface area (Å²) in [5, 5.41) is 0. The van der Waals surface area contributed by atoms with Gasteiger partial charge in [0.2, 0.25) is 0 Å². The molecule has 0 atom stereocenters. The normalized spacial score (nSPS) is 11.2. The van der Waals surface area contributed by atoms with E-state index in [0.29, 0.717) is 11.3 Å². The Morgan fingerprint density at radius 2 is 1.82 bits per heavy atom. The third-order valence-electron chi connectivity index (χ3n) is 2.92. The molecule has 3 nitrogen and oxygen atoms in total. The van der Waals surface area contributed by atoms with Crippen molar-refractivity contribution in [3.05, 3.63) is 71.8 Å². The van der Waals surface area contributed by atoms with Crippen molar-refractivity contribution in [2.75, 3.05) is 7.11 Å². The lowest BCUT2D eigenvalue weighted by Gasteiger charge is -1.99. The minimum atomic E-state index is -0.356. The third kappa shape index (κ3) is 4.19. The van der Waals surface area contributed by atoms with E-state index in [0.717, 1.165) is 11.3 Å². The number of hydrogen-bond acceptors (Lipinski definition) is 3. The molecular formula is C19H15NO2. The molecule has 3 heteroatoms. The first-order chi connectivity index (χ1) is 10.7. The number of aliphatic imine (C=N–C) groups is 1. The molecular weight excluding hydrogens is 274 g/mol. The summed E-state index contributed by atoms with van der Waals surface area (Å²) in [5.74, 6) is 2.19. The number of allylic oxidation sites excluding steroid dienone is 1. The smallest absolute Gasteiger partial charge is 0.337 e. The summed E-state index contributed by atoms with van der Waals surface area (Å²) in [7, 11) is 1.36. The van der Waals surface area contributed by atoms with Crippen LogP contribution in [-0.2, 0) is 4.74 Å². The summed E-state index contributed by atoms with van der Waals surface area (Å²) in [5.41, 5.74) is 2.77. The van der Waals surface area contributed by atoms with Crippen molar-refractivity contribution < 1.29 is 9.53 Å². The first-order valence-electron chi connectivity index (χ1n) is 6.70. The van der Waals surface area contributed by atoms with Crippen molar-refractivity contribution in [2.45, 2.75) is 0 Å². The Morgan fingerprint density at radius 3 is 2.41 bits per heavy atom. The molecule has 0 saturated heterocycles. The Labute approximate surface area is 130 Å². The molecule has 2 aromatic carbocycles. The largest absolute Gasteiger partial charge is 0.465 e. The Morgan fingerprint density at radius 1 is 1.14 bits per heavy atom. The minimum absolute atomic E-state index is 0.356. The van der Waals surface area contributed by atoms with Gasteiger partial charge in [0.15, 0.2) is 0 Å². The zero-order valence-corrected chi connectivity index (χ0v) is 12.2. The first-order valence-corrected chi connectivity index (χ1v) is 6.70. The van der Waals surface area contributed by atoms with Crippen LogP contribution in [0.25, 0.3) is 6.08 Å². The lowest BCUT2D eigenvalue weighted by Crippen LogP contribution is -2.00. The second kappa shape index (κ2) is 7.61. The van der Waals surface area contributed by atoms with Gasteiger partial charge < -0.3 is 4.74 Å². The van der Waals surface area contributed by atoms with E-state index < -0.39 is 0 Å². The molecule has 0 heterocycles. The van der Waals surface area contributed by atoms with Gasteiger partial charge in [0.1, 0.15) is 5.71 Å². The molecule has 0 bridgehead atoms. The molecule has 2 rings (SSSR count). The summed E-state index contributed by atoms with van der Waals surface area (Å²) in [4.78, 5) is 15.7. The number of esters is 1. The van der Waals surface area contributed by atoms with E-state index >= 15 is 0 Å². The van der Waals surface area contributed by atoms with Crippen molar-refractivity contribution in [2.24, 2.45) is 4.99 Å². The summed E-state index contributed by atoms with van der Waals surface area (Å²) in [6.07, 6.45) is 9.09. The molecule has 0 aliphatic heterocycles. The van der Waals surface area contributed by atoms with Crippen molar-refractivity contribution in [1.29, 1.82) is 0 Å². The van der Waals surface area contributed by atoms with Gasteiger partial charge >= 0.3 is 5.97 Å². The molecule has 0 unspecified atom stereocenters. The van der Waals surface area contributed by atoms with Gasteiger partial charge in [-0.2, -0.15) is 0 Å². The van der Waals surface area contributed by atoms with Crippen LogP contribution in [0.1, 0.15) is 15.9 Å². The molecule has 0 N–H and O–H groups in total. The minimum Gasteiger partial charge on any atom is -0.465 e. The topological polar surface area (TPSA) is 38.7 Å². The Kier molecular flexibility index (Phi) is 5.28. The Hall–Kier alpha value is -3.12. The number of rotatable bonds is 4. The lowest BCUT2D eigenvalue weighted by molar-refractivity contribution is 0.0600. The number of ether oxygens (including phenoxy) is 1. The molecule has 0 fully saturated rings.